The standard InChI is InChI=1S/C21H21NO3.C12H15NO2.C2H6/c23-19(18-11-5-9-14-6-3-4-10-17(14)18)22-21(20(24)25)12-15-7-1-2-8-16(15)13-21;1-2-15-11(14)12(13)7-9-5-3-4-6-10(9)8-12;1-2/h1-4,6-8,10,18H,5,9,11-13H2,(H,22,23)(H,24,25);3-6H,2,7-8,13H2,1H3;1-2H3. The van der Waals surface area contributed by atoms with E-state index in [2.05, 4.69) is 11.4 Å². The van der Waals surface area contributed by atoms with Crippen LogP contribution in [0.1, 0.15) is 72.9 Å². The van der Waals surface area contributed by atoms with Gasteiger partial charge in [0.2, 0.25) is 5.91 Å². The van der Waals surface area contributed by atoms with E-state index in [1.54, 1.807) is 6.92 Å². The van der Waals surface area contributed by atoms with Crippen LogP contribution in [-0.2, 0) is 51.2 Å². The normalized spacial score (nSPS) is 18.4. The van der Waals surface area contributed by atoms with Gasteiger partial charge in [0.05, 0.1) is 12.5 Å². The molecular weight excluding hydrogens is 528 g/mol. The van der Waals surface area contributed by atoms with Crippen molar-refractivity contribution >= 4 is 17.8 Å². The Labute approximate surface area is 248 Å². The average Bonchev–Trinajstić information content (AvgIpc) is 3.56. The smallest absolute Gasteiger partial charge is 0.330 e. The summed E-state index contributed by atoms with van der Waals surface area (Å²) in [7, 11) is 0. The highest BCUT2D eigenvalue weighted by atomic mass is 16.5. The summed E-state index contributed by atoms with van der Waals surface area (Å²) >= 11 is 0. The number of carboxylic acids is 1. The van der Waals surface area contributed by atoms with Gasteiger partial charge in [-0.25, -0.2) is 4.79 Å². The second kappa shape index (κ2) is 13.3. The number of aliphatic carboxylic acids is 1. The van der Waals surface area contributed by atoms with E-state index in [0.717, 1.165) is 47.1 Å². The third-order valence-corrected chi connectivity index (χ3v) is 8.37. The molecule has 3 aromatic rings. The van der Waals surface area contributed by atoms with Crippen molar-refractivity contribution in [1.82, 2.24) is 5.32 Å². The van der Waals surface area contributed by atoms with E-state index >= 15 is 0 Å². The van der Waals surface area contributed by atoms with Crippen molar-refractivity contribution in [2.75, 3.05) is 6.61 Å². The van der Waals surface area contributed by atoms with Crippen molar-refractivity contribution in [3.05, 3.63) is 106 Å². The minimum Gasteiger partial charge on any atom is -0.479 e. The lowest BCUT2D eigenvalue weighted by atomic mass is 9.81. The fraction of sp³-hybridized carbons (Fsp3) is 0.400. The molecule has 0 aliphatic heterocycles. The van der Waals surface area contributed by atoms with Crippen LogP contribution in [-0.4, -0.2) is 40.6 Å². The third-order valence-electron chi connectivity index (χ3n) is 8.37. The Morgan fingerprint density at radius 3 is 1.81 bits per heavy atom. The number of aryl methyl sites for hydroxylation is 1. The van der Waals surface area contributed by atoms with Crippen LogP contribution in [0.25, 0.3) is 0 Å². The summed E-state index contributed by atoms with van der Waals surface area (Å²) in [5.41, 5.74) is 10.6. The molecule has 6 rings (SSSR count). The van der Waals surface area contributed by atoms with Crippen LogP contribution in [0.15, 0.2) is 72.8 Å². The average molecular weight is 571 g/mol. The zero-order chi connectivity index (χ0) is 30.3. The van der Waals surface area contributed by atoms with E-state index in [1.165, 1.54) is 5.56 Å². The number of ether oxygens (including phenoxy) is 1. The van der Waals surface area contributed by atoms with Gasteiger partial charge in [-0.3, -0.25) is 9.59 Å². The first kappa shape index (κ1) is 31.0. The quantitative estimate of drug-likeness (QED) is 0.375. The molecule has 0 fully saturated rings. The van der Waals surface area contributed by atoms with Gasteiger partial charge in [-0.05, 0) is 59.6 Å². The van der Waals surface area contributed by atoms with Crippen molar-refractivity contribution in [1.29, 1.82) is 0 Å². The van der Waals surface area contributed by atoms with Crippen LogP contribution in [0.3, 0.4) is 0 Å². The Bertz CT molecular complexity index is 1380. The summed E-state index contributed by atoms with van der Waals surface area (Å²) in [6, 6.07) is 23.7. The summed E-state index contributed by atoms with van der Waals surface area (Å²) in [4.78, 5) is 36.7. The molecule has 1 unspecified atom stereocenters. The molecule has 0 spiro atoms. The van der Waals surface area contributed by atoms with Crippen LogP contribution >= 0.6 is 0 Å². The van der Waals surface area contributed by atoms with Gasteiger partial charge in [0.25, 0.3) is 0 Å². The van der Waals surface area contributed by atoms with E-state index in [4.69, 9.17) is 10.5 Å². The monoisotopic (exact) mass is 570 g/mol. The Balaban J connectivity index is 0.000000204. The number of hydrogen-bond donors (Lipinski definition) is 3. The zero-order valence-electron chi connectivity index (χ0n) is 24.8. The van der Waals surface area contributed by atoms with Gasteiger partial charge in [-0.15, -0.1) is 0 Å². The first-order valence-electron chi connectivity index (χ1n) is 15.0. The molecule has 7 nitrogen and oxygen atoms in total. The maximum atomic E-state index is 13.0. The summed E-state index contributed by atoms with van der Waals surface area (Å²) in [5, 5.41) is 12.8. The number of fused-ring (bicyclic) bond motifs is 3. The third kappa shape index (κ3) is 6.41. The molecule has 0 saturated heterocycles. The molecule has 0 saturated carbocycles. The molecule has 0 heterocycles. The maximum Gasteiger partial charge on any atom is 0.330 e. The van der Waals surface area contributed by atoms with Gasteiger partial charge in [-0.1, -0.05) is 86.6 Å². The van der Waals surface area contributed by atoms with Crippen LogP contribution in [0.5, 0.6) is 0 Å². The fourth-order valence-corrected chi connectivity index (χ4v) is 6.32. The van der Waals surface area contributed by atoms with Crippen molar-refractivity contribution in [3.8, 4) is 0 Å². The number of carbonyl (C=O) groups is 3. The SMILES string of the molecule is CC.CCOC(=O)C1(N)Cc2ccccc2C1.O=C(NC1(C(=O)O)Cc2ccccc2C1)C1CCCc2ccccc21. The molecule has 222 valence electrons. The molecule has 3 aliphatic carbocycles. The van der Waals surface area contributed by atoms with Crippen molar-refractivity contribution in [2.24, 2.45) is 5.73 Å². The van der Waals surface area contributed by atoms with Crippen LogP contribution in [0.4, 0.5) is 0 Å². The molecule has 42 heavy (non-hydrogen) atoms. The minimum atomic E-state index is -1.23. The molecule has 3 aliphatic rings. The Morgan fingerprint density at radius 1 is 0.833 bits per heavy atom. The Morgan fingerprint density at radius 2 is 1.31 bits per heavy atom. The molecule has 0 aromatic heterocycles. The highest BCUT2D eigenvalue weighted by Gasteiger charge is 2.46. The molecular formula is C35H42N2O5. The van der Waals surface area contributed by atoms with Gasteiger partial charge in [0, 0.05) is 25.7 Å². The second-order valence-electron chi connectivity index (χ2n) is 11.1. The lowest BCUT2D eigenvalue weighted by Crippen LogP contribution is -2.56. The molecule has 1 atom stereocenters. The number of carboxylic acid groups (broad SMARTS) is 1. The molecule has 0 bridgehead atoms. The Kier molecular flexibility index (Phi) is 9.84. The molecule has 3 aromatic carbocycles. The van der Waals surface area contributed by atoms with E-state index in [9.17, 15) is 19.5 Å². The van der Waals surface area contributed by atoms with Crippen molar-refractivity contribution in [2.45, 2.75) is 82.7 Å². The number of nitrogens with two attached hydrogens (primary N) is 1. The second-order valence-corrected chi connectivity index (χ2v) is 11.1. The number of esters is 1. The topological polar surface area (TPSA) is 119 Å². The number of benzene rings is 3. The summed E-state index contributed by atoms with van der Waals surface area (Å²) in [6.07, 6.45) is 4.57. The number of rotatable bonds is 5. The van der Waals surface area contributed by atoms with Gasteiger partial charge < -0.3 is 20.9 Å². The minimum absolute atomic E-state index is 0.164. The molecule has 0 radical (unpaired) electrons. The van der Waals surface area contributed by atoms with Crippen molar-refractivity contribution in [3.63, 3.8) is 0 Å². The van der Waals surface area contributed by atoms with Gasteiger partial charge in [0.15, 0.2) is 0 Å². The first-order chi connectivity index (χ1) is 20.2. The molecule has 1 amide bonds. The highest BCUT2D eigenvalue weighted by Crippen LogP contribution is 2.35. The van der Waals surface area contributed by atoms with E-state index in [0.29, 0.717) is 32.3 Å². The van der Waals surface area contributed by atoms with E-state index in [-0.39, 0.29) is 17.8 Å². The predicted octanol–water partition coefficient (Wildman–Crippen LogP) is 4.92. The largest absolute Gasteiger partial charge is 0.479 e. The number of nitrogens with one attached hydrogen (secondary N) is 1. The lowest BCUT2D eigenvalue weighted by molar-refractivity contribution is -0.149. The lowest BCUT2D eigenvalue weighted by Gasteiger charge is -2.30. The number of carbonyl (C=O) groups excluding carboxylic acids is 2. The van der Waals surface area contributed by atoms with E-state index < -0.39 is 17.0 Å². The molecule has 4 N–H and O–H groups in total. The highest BCUT2D eigenvalue weighted by molar-refractivity contribution is 5.92. The van der Waals surface area contributed by atoms with E-state index in [1.807, 2.05) is 80.6 Å². The first-order valence-corrected chi connectivity index (χ1v) is 15.0. The predicted molar refractivity (Wildman–Crippen MR) is 163 cm³/mol. The number of hydrogen-bond acceptors (Lipinski definition) is 5. The van der Waals surface area contributed by atoms with Gasteiger partial charge in [-0.2, -0.15) is 0 Å². The molecule has 7 heteroatoms. The van der Waals surface area contributed by atoms with Gasteiger partial charge >= 0.3 is 11.9 Å². The van der Waals surface area contributed by atoms with Crippen LogP contribution in [0, 0.1) is 0 Å². The van der Waals surface area contributed by atoms with Crippen molar-refractivity contribution < 1.29 is 24.2 Å². The summed E-state index contributed by atoms with van der Waals surface area (Å²) in [6.45, 7) is 6.18. The van der Waals surface area contributed by atoms with Crippen LogP contribution < -0.4 is 11.1 Å². The number of amides is 1. The van der Waals surface area contributed by atoms with Gasteiger partial charge in [0.1, 0.15) is 11.1 Å². The Hall–Kier alpha value is -3.97. The summed E-state index contributed by atoms with van der Waals surface area (Å²) in [5.74, 6) is -1.67. The fourth-order valence-electron chi connectivity index (χ4n) is 6.32. The van der Waals surface area contributed by atoms with Crippen LogP contribution in [0.2, 0.25) is 0 Å². The summed E-state index contributed by atoms with van der Waals surface area (Å²) < 4.78 is 5.00. The maximum absolute atomic E-state index is 13.0. The zero-order valence-corrected chi connectivity index (χ0v) is 24.8.